The van der Waals surface area contributed by atoms with Crippen LogP contribution < -0.4 is 15.0 Å². The van der Waals surface area contributed by atoms with Crippen LogP contribution in [-0.4, -0.2) is 81.4 Å². The molecule has 1 aliphatic heterocycles. The molecule has 1 amide bonds. The summed E-state index contributed by atoms with van der Waals surface area (Å²) in [6, 6.07) is 3.19. The Balaban J connectivity index is 1.65. The second-order valence-corrected chi connectivity index (χ2v) is 8.62. The fourth-order valence-electron chi connectivity index (χ4n) is 3.55. The van der Waals surface area contributed by atoms with Crippen LogP contribution in [0.15, 0.2) is 12.1 Å². The van der Waals surface area contributed by atoms with E-state index in [0.29, 0.717) is 30.9 Å². The molecule has 1 saturated heterocycles. The predicted octanol–water partition coefficient (Wildman–Crippen LogP) is 1.66. The SMILES string of the molecule is COC1CN(c2ccc(C(=O)NC(CO)C(C)C)nc2OC[C@@H]2C[C@@H]2COCCF)C1. The van der Waals surface area contributed by atoms with Gasteiger partial charge in [0.15, 0.2) is 0 Å². The molecule has 0 spiro atoms. The van der Waals surface area contributed by atoms with Gasteiger partial charge < -0.3 is 29.5 Å². The standard InChI is InChI=1S/C22H34FN3O5/c1-14(2)19(11-27)24-21(28)18-4-5-20(26-9-17(10-26)29-3)22(25-18)31-13-16-8-15(16)12-30-7-6-23/h4-5,14-17,19,27H,6-13H2,1-3H3,(H,24,28)/t15-,16+,19?/m1/s1. The van der Waals surface area contributed by atoms with Crippen molar-refractivity contribution in [2.45, 2.75) is 32.4 Å². The van der Waals surface area contributed by atoms with Crippen LogP contribution in [0.2, 0.25) is 0 Å². The number of aliphatic hydroxyl groups is 1. The molecular weight excluding hydrogens is 405 g/mol. The fraction of sp³-hybridized carbons (Fsp3) is 0.727. The lowest BCUT2D eigenvalue weighted by Crippen LogP contribution is -2.52. The first-order valence-electron chi connectivity index (χ1n) is 10.9. The number of halogens is 1. The van der Waals surface area contributed by atoms with Crippen molar-refractivity contribution in [3.63, 3.8) is 0 Å². The molecule has 31 heavy (non-hydrogen) atoms. The number of hydrogen-bond donors (Lipinski definition) is 2. The van der Waals surface area contributed by atoms with E-state index in [-0.39, 0.29) is 42.9 Å². The molecule has 0 aromatic carbocycles. The number of methoxy groups -OCH3 is 1. The minimum atomic E-state index is -0.470. The summed E-state index contributed by atoms with van der Waals surface area (Å²) in [7, 11) is 1.69. The molecule has 1 unspecified atom stereocenters. The highest BCUT2D eigenvalue weighted by molar-refractivity contribution is 5.93. The maximum absolute atomic E-state index is 12.7. The Bertz CT molecular complexity index is 729. The van der Waals surface area contributed by atoms with Crippen molar-refractivity contribution < 1.29 is 28.5 Å². The molecule has 2 aliphatic rings. The molecule has 0 bridgehead atoms. The Morgan fingerprint density at radius 3 is 2.71 bits per heavy atom. The summed E-state index contributed by atoms with van der Waals surface area (Å²) in [6.07, 6.45) is 1.15. The second-order valence-electron chi connectivity index (χ2n) is 8.62. The molecule has 1 saturated carbocycles. The summed E-state index contributed by atoms with van der Waals surface area (Å²) in [5, 5.41) is 12.3. The quantitative estimate of drug-likeness (QED) is 0.452. The van der Waals surface area contributed by atoms with Crippen LogP contribution in [0, 0.1) is 17.8 Å². The highest BCUT2D eigenvalue weighted by Crippen LogP contribution is 2.40. The highest BCUT2D eigenvalue weighted by atomic mass is 19.1. The van der Waals surface area contributed by atoms with E-state index in [9.17, 15) is 14.3 Å². The summed E-state index contributed by atoms with van der Waals surface area (Å²) in [4.78, 5) is 19.3. The van der Waals surface area contributed by atoms with Crippen molar-refractivity contribution in [3.8, 4) is 5.88 Å². The van der Waals surface area contributed by atoms with Gasteiger partial charge in [0.1, 0.15) is 18.1 Å². The predicted molar refractivity (Wildman–Crippen MR) is 114 cm³/mol. The van der Waals surface area contributed by atoms with E-state index in [1.165, 1.54) is 0 Å². The van der Waals surface area contributed by atoms with Crippen molar-refractivity contribution in [2.24, 2.45) is 17.8 Å². The molecular formula is C22H34FN3O5. The molecule has 2 heterocycles. The zero-order valence-corrected chi connectivity index (χ0v) is 18.6. The van der Waals surface area contributed by atoms with E-state index in [0.717, 1.165) is 25.2 Å². The Morgan fingerprint density at radius 2 is 2.06 bits per heavy atom. The van der Waals surface area contributed by atoms with Crippen molar-refractivity contribution in [3.05, 3.63) is 17.8 Å². The maximum Gasteiger partial charge on any atom is 0.270 e. The van der Waals surface area contributed by atoms with Gasteiger partial charge in [-0.15, -0.1) is 0 Å². The molecule has 0 radical (unpaired) electrons. The monoisotopic (exact) mass is 439 g/mol. The third-order valence-corrected chi connectivity index (χ3v) is 5.97. The summed E-state index contributed by atoms with van der Waals surface area (Å²) in [6.45, 7) is 5.89. The van der Waals surface area contributed by atoms with Crippen LogP contribution >= 0.6 is 0 Å². The summed E-state index contributed by atoms with van der Waals surface area (Å²) in [5.74, 6) is 0.894. The largest absolute Gasteiger partial charge is 0.476 e. The average Bonchev–Trinajstić information content (AvgIpc) is 3.48. The lowest BCUT2D eigenvalue weighted by Gasteiger charge is -2.40. The molecule has 8 nitrogen and oxygen atoms in total. The molecule has 1 aromatic rings. The first-order chi connectivity index (χ1) is 15.0. The number of carbonyl (C=O) groups excluding carboxylic acids is 1. The molecule has 2 fully saturated rings. The van der Waals surface area contributed by atoms with Crippen molar-refractivity contribution in [1.82, 2.24) is 10.3 Å². The van der Waals surface area contributed by atoms with Crippen LogP contribution in [0.25, 0.3) is 0 Å². The van der Waals surface area contributed by atoms with E-state index in [1.807, 2.05) is 19.9 Å². The Hall–Kier alpha value is -1.97. The van der Waals surface area contributed by atoms with Gasteiger partial charge in [-0.1, -0.05) is 13.8 Å². The number of nitrogens with one attached hydrogen (secondary N) is 1. The van der Waals surface area contributed by atoms with E-state index in [4.69, 9.17) is 14.2 Å². The van der Waals surface area contributed by atoms with Crippen LogP contribution in [-0.2, 0) is 9.47 Å². The third-order valence-electron chi connectivity index (χ3n) is 5.97. The Kier molecular flexibility index (Phi) is 8.45. The van der Waals surface area contributed by atoms with Gasteiger partial charge in [0.25, 0.3) is 5.91 Å². The second kappa shape index (κ2) is 11.1. The lowest BCUT2D eigenvalue weighted by atomic mass is 10.1. The number of rotatable bonds is 13. The van der Waals surface area contributed by atoms with Crippen molar-refractivity contribution in [2.75, 3.05) is 58.2 Å². The summed E-state index contributed by atoms with van der Waals surface area (Å²) < 4.78 is 28.8. The lowest BCUT2D eigenvalue weighted by molar-refractivity contribution is 0.0781. The third kappa shape index (κ3) is 6.27. The van der Waals surface area contributed by atoms with Gasteiger partial charge in [0, 0.05) is 26.8 Å². The first kappa shape index (κ1) is 23.7. The van der Waals surface area contributed by atoms with Crippen LogP contribution in [0.4, 0.5) is 10.1 Å². The number of amides is 1. The van der Waals surface area contributed by atoms with Gasteiger partial charge in [-0.25, -0.2) is 9.37 Å². The minimum absolute atomic E-state index is 0.0995. The van der Waals surface area contributed by atoms with E-state index >= 15 is 0 Å². The van der Waals surface area contributed by atoms with Crippen LogP contribution in [0.3, 0.4) is 0 Å². The topological polar surface area (TPSA) is 93.2 Å². The zero-order chi connectivity index (χ0) is 22.4. The fourth-order valence-corrected chi connectivity index (χ4v) is 3.55. The van der Waals surface area contributed by atoms with Crippen molar-refractivity contribution >= 4 is 11.6 Å². The number of hydrogen-bond acceptors (Lipinski definition) is 7. The minimum Gasteiger partial charge on any atom is -0.476 e. The maximum atomic E-state index is 12.7. The molecule has 3 atom stereocenters. The number of aliphatic hydroxyl groups excluding tert-OH is 1. The van der Waals surface area contributed by atoms with Gasteiger partial charge in [0.05, 0.1) is 32.0 Å². The van der Waals surface area contributed by atoms with E-state index in [1.54, 1.807) is 13.2 Å². The first-order valence-corrected chi connectivity index (χ1v) is 10.9. The molecule has 9 heteroatoms. The van der Waals surface area contributed by atoms with Crippen molar-refractivity contribution in [1.29, 1.82) is 0 Å². The van der Waals surface area contributed by atoms with Gasteiger partial charge in [-0.05, 0) is 36.3 Å². The normalized spacial score (nSPS) is 21.7. The summed E-state index contributed by atoms with van der Waals surface area (Å²) in [5.41, 5.74) is 1.08. The summed E-state index contributed by atoms with van der Waals surface area (Å²) >= 11 is 0. The van der Waals surface area contributed by atoms with E-state index in [2.05, 4.69) is 15.2 Å². The van der Waals surface area contributed by atoms with Crippen LogP contribution in [0.5, 0.6) is 5.88 Å². The Morgan fingerprint density at radius 1 is 1.32 bits per heavy atom. The Labute approximate surface area is 183 Å². The van der Waals surface area contributed by atoms with Crippen LogP contribution in [0.1, 0.15) is 30.8 Å². The molecule has 3 rings (SSSR count). The highest BCUT2D eigenvalue weighted by Gasteiger charge is 2.38. The van der Waals surface area contributed by atoms with Gasteiger partial charge in [0.2, 0.25) is 5.88 Å². The molecule has 1 aliphatic carbocycles. The smallest absolute Gasteiger partial charge is 0.270 e. The average molecular weight is 440 g/mol. The number of ether oxygens (including phenoxy) is 3. The van der Waals surface area contributed by atoms with E-state index < -0.39 is 6.67 Å². The number of carbonyl (C=O) groups is 1. The number of alkyl halides is 1. The van der Waals surface area contributed by atoms with Gasteiger partial charge in [-0.3, -0.25) is 4.79 Å². The zero-order valence-electron chi connectivity index (χ0n) is 18.6. The number of pyridine rings is 1. The van der Waals surface area contributed by atoms with Gasteiger partial charge >= 0.3 is 0 Å². The number of anilines is 1. The molecule has 1 aromatic heterocycles. The van der Waals surface area contributed by atoms with Gasteiger partial charge in [-0.2, -0.15) is 0 Å². The number of aromatic nitrogens is 1. The number of nitrogens with zero attached hydrogens (tertiary/aromatic N) is 2. The molecule has 2 N–H and O–H groups in total. The molecule has 174 valence electrons.